The highest BCUT2D eigenvalue weighted by Crippen LogP contribution is 2.25. The first-order chi connectivity index (χ1) is 13.2. The Bertz CT molecular complexity index is 747. The first kappa shape index (κ1) is 18.4. The molecule has 1 unspecified atom stereocenters. The Morgan fingerprint density at radius 2 is 2.04 bits per heavy atom. The van der Waals surface area contributed by atoms with E-state index < -0.39 is 0 Å². The molecule has 0 bridgehead atoms. The van der Waals surface area contributed by atoms with Gasteiger partial charge in [0.05, 0.1) is 13.2 Å². The van der Waals surface area contributed by atoms with Crippen LogP contribution in [0.4, 0.5) is 16.9 Å². The Labute approximate surface area is 164 Å². The van der Waals surface area contributed by atoms with Crippen LogP contribution in [0.15, 0.2) is 12.3 Å². The monoisotopic (exact) mass is 389 g/mol. The zero-order valence-corrected chi connectivity index (χ0v) is 16.8. The van der Waals surface area contributed by atoms with Gasteiger partial charge in [0.25, 0.3) is 0 Å². The fourth-order valence-corrected chi connectivity index (χ4v) is 4.25. The smallest absolute Gasteiger partial charge is 0.227 e. The van der Waals surface area contributed by atoms with Gasteiger partial charge in [0.15, 0.2) is 0 Å². The van der Waals surface area contributed by atoms with Gasteiger partial charge in [-0.15, -0.1) is 0 Å². The lowest BCUT2D eigenvalue weighted by Gasteiger charge is -2.33. The highest BCUT2D eigenvalue weighted by molar-refractivity contribution is 7.09. The van der Waals surface area contributed by atoms with Gasteiger partial charge in [-0.1, -0.05) is 13.8 Å². The van der Waals surface area contributed by atoms with E-state index in [4.69, 9.17) is 14.7 Å². The van der Waals surface area contributed by atoms with Crippen LogP contribution < -0.4 is 15.1 Å². The molecule has 2 aromatic rings. The minimum Gasteiger partial charge on any atom is -0.378 e. The van der Waals surface area contributed by atoms with Gasteiger partial charge in [-0.25, -0.2) is 9.97 Å². The predicted molar refractivity (Wildman–Crippen MR) is 108 cm³/mol. The summed E-state index contributed by atoms with van der Waals surface area (Å²) in [5.74, 6) is 2.98. The fraction of sp³-hybridized carbons (Fsp3) is 0.667. The Kier molecular flexibility index (Phi) is 5.68. The third kappa shape index (κ3) is 4.47. The van der Waals surface area contributed by atoms with E-state index >= 15 is 0 Å². The van der Waals surface area contributed by atoms with Crippen LogP contribution in [-0.4, -0.2) is 64.8 Å². The van der Waals surface area contributed by atoms with Crippen molar-refractivity contribution >= 4 is 28.4 Å². The lowest BCUT2D eigenvalue weighted by Crippen LogP contribution is -2.42. The molecule has 2 saturated heterocycles. The van der Waals surface area contributed by atoms with Crippen LogP contribution in [0.3, 0.4) is 0 Å². The molecule has 2 aliphatic heterocycles. The molecule has 8 nitrogen and oxygen atoms in total. The van der Waals surface area contributed by atoms with Crippen molar-refractivity contribution in [1.82, 2.24) is 19.3 Å². The highest BCUT2D eigenvalue weighted by Gasteiger charge is 2.23. The molecule has 0 aliphatic carbocycles. The SMILES string of the molecule is CC(C)c1nsc(N2CCCC(Nc3ccnc(N4CCOCC4)n3)C2)n1. The Hall–Kier alpha value is -2.00. The van der Waals surface area contributed by atoms with Crippen LogP contribution in [0.2, 0.25) is 0 Å². The number of aromatic nitrogens is 4. The summed E-state index contributed by atoms with van der Waals surface area (Å²) < 4.78 is 9.91. The zero-order valence-electron chi connectivity index (χ0n) is 16.0. The summed E-state index contributed by atoms with van der Waals surface area (Å²) >= 11 is 1.51. The molecule has 27 heavy (non-hydrogen) atoms. The van der Waals surface area contributed by atoms with Gasteiger partial charge < -0.3 is 19.9 Å². The maximum absolute atomic E-state index is 5.41. The molecule has 0 saturated carbocycles. The average molecular weight is 390 g/mol. The number of nitrogens with zero attached hydrogens (tertiary/aromatic N) is 6. The second-order valence-electron chi connectivity index (χ2n) is 7.36. The molecule has 2 aromatic heterocycles. The number of nitrogens with one attached hydrogen (secondary N) is 1. The number of rotatable bonds is 5. The minimum absolute atomic E-state index is 0.345. The minimum atomic E-state index is 0.345. The molecule has 0 amide bonds. The maximum Gasteiger partial charge on any atom is 0.227 e. The van der Waals surface area contributed by atoms with Crippen LogP contribution in [-0.2, 0) is 4.74 Å². The van der Waals surface area contributed by atoms with E-state index in [1.807, 2.05) is 12.3 Å². The standard InChI is InChI=1S/C18H27N7OS/c1-13(2)16-22-18(27-23-16)25-7-3-4-14(12-25)20-15-5-6-19-17(21-15)24-8-10-26-11-9-24/h5-6,13-14H,3-4,7-12H2,1-2H3,(H,19,20,21). The third-order valence-electron chi connectivity index (χ3n) is 4.93. The Balaban J connectivity index is 1.40. The fourth-order valence-electron chi connectivity index (χ4n) is 3.41. The largest absolute Gasteiger partial charge is 0.378 e. The van der Waals surface area contributed by atoms with E-state index in [0.717, 1.165) is 75.0 Å². The number of piperidine rings is 1. The second kappa shape index (κ2) is 8.35. The van der Waals surface area contributed by atoms with Crippen molar-refractivity contribution in [2.45, 2.75) is 38.6 Å². The quantitative estimate of drug-likeness (QED) is 0.835. The molecule has 4 rings (SSSR count). The number of hydrogen-bond acceptors (Lipinski definition) is 9. The Morgan fingerprint density at radius 3 is 2.81 bits per heavy atom. The zero-order chi connectivity index (χ0) is 18.6. The van der Waals surface area contributed by atoms with E-state index in [9.17, 15) is 0 Å². The molecule has 1 atom stereocenters. The molecule has 9 heteroatoms. The topological polar surface area (TPSA) is 79.3 Å². The van der Waals surface area contributed by atoms with Crippen molar-refractivity contribution in [1.29, 1.82) is 0 Å². The van der Waals surface area contributed by atoms with Gasteiger partial charge in [-0.2, -0.15) is 9.36 Å². The van der Waals surface area contributed by atoms with E-state index in [-0.39, 0.29) is 0 Å². The van der Waals surface area contributed by atoms with Gasteiger partial charge in [-0.05, 0) is 18.9 Å². The first-order valence-corrected chi connectivity index (χ1v) is 10.5. The molecular formula is C18H27N7OS. The van der Waals surface area contributed by atoms with Crippen molar-refractivity contribution in [2.75, 3.05) is 54.5 Å². The van der Waals surface area contributed by atoms with E-state index in [0.29, 0.717) is 12.0 Å². The van der Waals surface area contributed by atoms with Crippen molar-refractivity contribution in [3.63, 3.8) is 0 Å². The molecule has 2 aliphatic rings. The van der Waals surface area contributed by atoms with Crippen LogP contribution in [0, 0.1) is 0 Å². The normalized spacial score (nSPS) is 20.9. The van der Waals surface area contributed by atoms with Gasteiger partial charge in [0, 0.05) is 55.9 Å². The van der Waals surface area contributed by atoms with Gasteiger partial charge in [-0.3, -0.25) is 0 Å². The molecule has 1 N–H and O–H groups in total. The molecule has 0 radical (unpaired) electrons. The summed E-state index contributed by atoms with van der Waals surface area (Å²) in [4.78, 5) is 18.4. The van der Waals surface area contributed by atoms with Gasteiger partial charge in [0.2, 0.25) is 11.1 Å². The van der Waals surface area contributed by atoms with Gasteiger partial charge in [0.1, 0.15) is 11.6 Å². The second-order valence-corrected chi connectivity index (χ2v) is 8.09. The summed E-state index contributed by atoms with van der Waals surface area (Å²) in [5, 5.41) is 4.62. The van der Waals surface area contributed by atoms with Crippen molar-refractivity contribution < 1.29 is 4.74 Å². The lowest BCUT2D eigenvalue weighted by molar-refractivity contribution is 0.122. The van der Waals surface area contributed by atoms with E-state index in [1.165, 1.54) is 11.5 Å². The maximum atomic E-state index is 5.41. The van der Waals surface area contributed by atoms with Crippen LogP contribution in [0.5, 0.6) is 0 Å². The van der Waals surface area contributed by atoms with Crippen LogP contribution in [0.1, 0.15) is 38.4 Å². The average Bonchev–Trinajstić information content (AvgIpc) is 3.20. The summed E-state index contributed by atoms with van der Waals surface area (Å²) in [6, 6.07) is 2.29. The van der Waals surface area contributed by atoms with Gasteiger partial charge >= 0.3 is 0 Å². The van der Waals surface area contributed by atoms with Crippen LogP contribution >= 0.6 is 11.5 Å². The molecular weight excluding hydrogens is 362 g/mol. The molecule has 146 valence electrons. The summed E-state index contributed by atoms with van der Waals surface area (Å²) in [7, 11) is 0. The first-order valence-electron chi connectivity index (χ1n) is 9.70. The summed E-state index contributed by atoms with van der Waals surface area (Å²) in [6.45, 7) is 9.38. The van der Waals surface area contributed by atoms with E-state index in [2.05, 4.69) is 38.3 Å². The van der Waals surface area contributed by atoms with Crippen LogP contribution in [0.25, 0.3) is 0 Å². The van der Waals surface area contributed by atoms with Crippen molar-refractivity contribution in [3.05, 3.63) is 18.1 Å². The summed E-state index contributed by atoms with van der Waals surface area (Å²) in [6.07, 6.45) is 4.10. The number of morpholine rings is 1. The third-order valence-corrected chi connectivity index (χ3v) is 5.72. The van der Waals surface area contributed by atoms with Crippen molar-refractivity contribution in [3.8, 4) is 0 Å². The number of ether oxygens (including phenoxy) is 1. The number of anilines is 3. The molecule has 2 fully saturated rings. The lowest BCUT2D eigenvalue weighted by atomic mass is 10.1. The molecule has 0 aromatic carbocycles. The van der Waals surface area contributed by atoms with Crippen molar-refractivity contribution in [2.24, 2.45) is 0 Å². The Morgan fingerprint density at radius 1 is 1.19 bits per heavy atom. The molecule has 4 heterocycles. The highest BCUT2D eigenvalue weighted by atomic mass is 32.1. The number of hydrogen-bond donors (Lipinski definition) is 1. The molecule has 0 spiro atoms. The van der Waals surface area contributed by atoms with E-state index in [1.54, 1.807) is 0 Å². The summed E-state index contributed by atoms with van der Waals surface area (Å²) in [5.41, 5.74) is 0. The predicted octanol–water partition coefficient (Wildman–Crippen LogP) is 2.37.